The number of carboxylic acids is 1. The quantitative estimate of drug-likeness (QED) is 0.234. The van der Waals surface area contributed by atoms with E-state index in [1.807, 2.05) is 24.3 Å². The molecule has 0 aliphatic carbocycles. The predicted octanol–water partition coefficient (Wildman–Crippen LogP) is 3.43. The molecule has 0 radical (unpaired) electrons. The molecular formula is C26H29NO8S. The molecule has 0 aliphatic heterocycles. The molecule has 1 atom stereocenters. The lowest BCUT2D eigenvalue weighted by Gasteiger charge is -2.27. The number of carbonyl (C=O) groups excluding carboxylic acids is 4. The Morgan fingerprint density at radius 3 is 2.00 bits per heavy atom. The van der Waals surface area contributed by atoms with Crippen molar-refractivity contribution in [3.8, 4) is 0 Å². The van der Waals surface area contributed by atoms with Crippen LogP contribution in [-0.2, 0) is 35.1 Å². The number of nitrogens with one attached hydrogen (secondary N) is 1. The number of Topliss-reactive ketones (excluding diaryl/α,β-unsaturated/α-hetero) is 1. The second-order valence-electron chi connectivity index (χ2n) is 7.82. The highest BCUT2D eigenvalue weighted by Crippen LogP contribution is 2.28. The number of benzene rings is 2. The van der Waals surface area contributed by atoms with Crippen molar-refractivity contribution in [2.24, 2.45) is 0 Å². The third-order valence-electron chi connectivity index (χ3n) is 5.16. The zero-order valence-electron chi connectivity index (χ0n) is 20.4. The molecule has 192 valence electrons. The Morgan fingerprint density at radius 1 is 0.917 bits per heavy atom. The summed E-state index contributed by atoms with van der Waals surface area (Å²) < 4.78 is 9.78. The van der Waals surface area contributed by atoms with Gasteiger partial charge in [-0.15, -0.1) is 0 Å². The van der Waals surface area contributed by atoms with Gasteiger partial charge in [-0.05, 0) is 49.6 Å². The van der Waals surface area contributed by atoms with Crippen LogP contribution in [0.5, 0.6) is 0 Å². The van der Waals surface area contributed by atoms with E-state index >= 15 is 0 Å². The van der Waals surface area contributed by atoms with Crippen LogP contribution in [0.1, 0.15) is 49.5 Å². The molecule has 0 aromatic heterocycles. The van der Waals surface area contributed by atoms with E-state index in [1.165, 1.54) is 11.8 Å². The topological polar surface area (TPSA) is 136 Å². The number of ketones is 1. The SMILES string of the molecule is CCOC(=O)C(CCc1ccc(Sc2ccc(C(=O)COC(=O)CC)cc2)cc1)(NC(C)=O)C(=O)O. The van der Waals surface area contributed by atoms with Gasteiger partial charge in [-0.25, -0.2) is 9.59 Å². The number of esters is 2. The van der Waals surface area contributed by atoms with Crippen LogP contribution in [0.2, 0.25) is 0 Å². The van der Waals surface area contributed by atoms with Gasteiger partial charge in [0.2, 0.25) is 11.4 Å². The molecule has 36 heavy (non-hydrogen) atoms. The molecule has 9 nitrogen and oxygen atoms in total. The Hall–Kier alpha value is -3.66. The summed E-state index contributed by atoms with van der Waals surface area (Å²) in [5.41, 5.74) is -0.938. The molecule has 2 N–H and O–H groups in total. The number of rotatable bonds is 13. The molecule has 10 heteroatoms. The summed E-state index contributed by atoms with van der Waals surface area (Å²) in [5, 5.41) is 12.0. The van der Waals surface area contributed by atoms with Crippen molar-refractivity contribution in [3.63, 3.8) is 0 Å². The van der Waals surface area contributed by atoms with Crippen molar-refractivity contribution < 1.29 is 38.6 Å². The smallest absolute Gasteiger partial charge is 0.343 e. The summed E-state index contributed by atoms with van der Waals surface area (Å²) >= 11 is 1.47. The Balaban J connectivity index is 2.03. The van der Waals surface area contributed by atoms with Crippen molar-refractivity contribution in [1.29, 1.82) is 0 Å². The maximum absolute atomic E-state index is 12.4. The lowest BCUT2D eigenvalue weighted by Crippen LogP contribution is -2.60. The Kier molecular flexibility index (Phi) is 10.7. The van der Waals surface area contributed by atoms with Crippen molar-refractivity contribution in [1.82, 2.24) is 5.32 Å². The molecule has 0 aliphatic rings. The lowest BCUT2D eigenvalue weighted by atomic mass is 9.91. The number of aliphatic carboxylic acids is 1. The summed E-state index contributed by atoms with van der Waals surface area (Å²) in [4.78, 5) is 61.1. The first kappa shape index (κ1) is 28.6. The number of amides is 1. The lowest BCUT2D eigenvalue weighted by molar-refractivity contribution is -0.165. The van der Waals surface area contributed by atoms with Gasteiger partial charge in [-0.3, -0.25) is 14.4 Å². The van der Waals surface area contributed by atoms with E-state index in [4.69, 9.17) is 9.47 Å². The van der Waals surface area contributed by atoms with Crippen LogP contribution in [0.15, 0.2) is 58.3 Å². The zero-order chi connectivity index (χ0) is 26.7. The third kappa shape index (κ3) is 7.94. The molecule has 2 aromatic rings. The number of aryl methyl sites for hydroxylation is 1. The number of hydrogen-bond donors (Lipinski definition) is 2. The zero-order valence-corrected chi connectivity index (χ0v) is 21.2. The van der Waals surface area contributed by atoms with E-state index in [1.54, 1.807) is 38.1 Å². The minimum Gasteiger partial charge on any atom is -0.479 e. The highest BCUT2D eigenvalue weighted by molar-refractivity contribution is 7.99. The molecule has 0 spiro atoms. The summed E-state index contributed by atoms with van der Waals surface area (Å²) in [7, 11) is 0. The van der Waals surface area contributed by atoms with E-state index in [0.717, 1.165) is 22.3 Å². The molecule has 0 heterocycles. The first-order chi connectivity index (χ1) is 17.1. The maximum atomic E-state index is 12.4. The Morgan fingerprint density at radius 2 is 1.50 bits per heavy atom. The molecule has 0 fully saturated rings. The number of carboxylic acid groups (broad SMARTS) is 1. The molecule has 1 amide bonds. The van der Waals surface area contributed by atoms with E-state index in [9.17, 15) is 29.1 Å². The Labute approximate surface area is 213 Å². The third-order valence-corrected chi connectivity index (χ3v) is 6.17. The van der Waals surface area contributed by atoms with Gasteiger partial charge in [0.05, 0.1) is 6.61 Å². The van der Waals surface area contributed by atoms with Crippen LogP contribution in [0.4, 0.5) is 0 Å². The number of carbonyl (C=O) groups is 5. The summed E-state index contributed by atoms with van der Waals surface area (Å²) in [6, 6.07) is 14.3. The van der Waals surface area contributed by atoms with Crippen LogP contribution in [0.3, 0.4) is 0 Å². The fourth-order valence-corrected chi connectivity index (χ4v) is 4.07. The van der Waals surface area contributed by atoms with Gasteiger partial charge in [0.15, 0.2) is 12.4 Å². The van der Waals surface area contributed by atoms with Gasteiger partial charge in [0, 0.05) is 28.7 Å². The van der Waals surface area contributed by atoms with Crippen LogP contribution in [-0.4, -0.2) is 53.5 Å². The molecular weight excluding hydrogens is 486 g/mol. The van der Waals surface area contributed by atoms with Crippen LogP contribution >= 0.6 is 11.8 Å². The fraction of sp³-hybridized carbons (Fsp3) is 0.346. The highest BCUT2D eigenvalue weighted by atomic mass is 32.2. The van der Waals surface area contributed by atoms with Crippen molar-refractivity contribution in [2.75, 3.05) is 13.2 Å². The predicted molar refractivity (Wildman–Crippen MR) is 132 cm³/mol. The minimum atomic E-state index is -2.16. The first-order valence-corrected chi connectivity index (χ1v) is 12.2. The summed E-state index contributed by atoms with van der Waals surface area (Å²) in [6.45, 7) is 4.06. The van der Waals surface area contributed by atoms with Crippen LogP contribution in [0.25, 0.3) is 0 Å². The van der Waals surface area contributed by atoms with Gasteiger partial charge < -0.3 is 19.9 Å². The number of hydrogen-bond acceptors (Lipinski definition) is 8. The standard InChI is InChI=1S/C26H29NO8S/c1-4-23(30)35-16-22(29)19-8-12-21(13-9-19)36-20-10-6-18(7-11-20)14-15-26(24(31)32,27-17(3)28)25(33)34-5-2/h6-13H,4-5,14-16H2,1-3H3,(H,27,28)(H,31,32). The monoisotopic (exact) mass is 515 g/mol. The van der Waals surface area contributed by atoms with Crippen LogP contribution in [0, 0.1) is 0 Å². The van der Waals surface area contributed by atoms with Crippen molar-refractivity contribution in [2.45, 2.75) is 55.4 Å². The van der Waals surface area contributed by atoms with Gasteiger partial charge in [0.25, 0.3) is 0 Å². The minimum absolute atomic E-state index is 0.0131. The number of ether oxygens (including phenoxy) is 2. The average Bonchev–Trinajstić information content (AvgIpc) is 2.85. The van der Waals surface area contributed by atoms with Gasteiger partial charge in [-0.1, -0.05) is 43.0 Å². The van der Waals surface area contributed by atoms with E-state index < -0.39 is 29.4 Å². The fourth-order valence-electron chi connectivity index (χ4n) is 3.25. The summed E-state index contributed by atoms with van der Waals surface area (Å²) in [5.74, 6) is -3.84. The molecule has 0 bridgehead atoms. The van der Waals surface area contributed by atoms with Gasteiger partial charge in [-0.2, -0.15) is 0 Å². The largest absolute Gasteiger partial charge is 0.479 e. The van der Waals surface area contributed by atoms with Gasteiger partial charge >= 0.3 is 17.9 Å². The maximum Gasteiger partial charge on any atom is 0.343 e. The van der Waals surface area contributed by atoms with E-state index in [2.05, 4.69) is 5.32 Å². The molecule has 0 saturated heterocycles. The second-order valence-corrected chi connectivity index (χ2v) is 8.97. The first-order valence-electron chi connectivity index (χ1n) is 11.4. The average molecular weight is 516 g/mol. The molecule has 2 aromatic carbocycles. The van der Waals surface area contributed by atoms with E-state index in [-0.39, 0.29) is 38.3 Å². The highest BCUT2D eigenvalue weighted by Gasteiger charge is 2.48. The van der Waals surface area contributed by atoms with E-state index in [0.29, 0.717) is 5.56 Å². The molecule has 2 rings (SSSR count). The summed E-state index contributed by atoms with van der Waals surface area (Å²) in [6.07, 6.45) is 0.259. The van der Waals surface area contributed by atoms with Crippen LogP contribution < -0.4 is 5.32 Å². The normalized spacial score (nSPS) is 12.2. The van der Waals surface area contributed by atoms with Crippen molar-refractivity contribution >= 4 is 41.4 Å². The second kappa shape index (κ2) is 13.4. The molecule has 1 unspecified atom stereocenters. The Bertz CT molecular complexity index is 1100. The van der Waals surface area contributed by atoms with Gasteiger partial charge in [0.1, 0.15) is 0 Å². The van der Waals surface area contributed by atoms with Crippen molar-refractivity contribution in [3.05, 3.63) is 59.7 Å². The molecule has 0 saturated carbocycles.